The number of aliphatic carboxylic acids is 2. The Morgan fingerprint density at radius 1 is 0.778 bits per heavy atom. The van der Waals surface area contributed by atoms with E-state index >= 15 is 0 Å². The van der Waals surface area contributed by atoms with Crippen LogP contribution in [0.5, 0.6) is 0 Å². The highest BCUT2D eigenvalue weighted by Crippen LogP contribution is 2.62. The van der Waals surface area contributed by atoms with Crippen LogP contribution in [0.25, 0.3) is 0 Å². The molecule has 0 aliphatic heterocycles. The molecule has 3 aliphatic carbocycles. The van der Waals surface area contributed by atoms with Crippen LogP contribution in [0.3, 0.4) is 0 Å². The van der Waals surface area contributed by atoms with E-state index < -0.39 is 23.8 Å². The maximum atomic E-state index is 11.5. The maximum absolute atomic E-state index is 11.5. The Balaban J connectivity index is 1.85. The van der Waals surface area contributed by atoms with Gasteiger partial charge in [0, 0.05) is 0 Å². The van der Waals surface area contributed by atoms with Crippen LogP contribution >= 0.6 is 0 Å². The molecule has 4 heteroatoms. The van der Waals surface area contributed by atoms with E-state index in [0.717, 1.165) is 12.8 Å². The smallest absolute Gasteiger partial charge is 0.307 e. The van der Waals surface area contributed by atoms with Crippen molar-refractivity contribution in [2.75, 3.05) is 0 Å². The minimum absolute atomic E-state index is 0.141. The quantitative estimate of drug-likeness (QED) is 0.790. The maximum Gasteiger partial charge on any atom is 0.307 e. The van der Waals surface area contributed by atoms with Crippen molar-refractivity contribution >= 4 is 11.9 Å². The Morgan fingerprint density at radius 3 is 2.00 bits per heavy atom. The van der Waals surface area contributed by atoms with Gasteiger partial charge in [-0.15, -0.1) is 0 Å². The second kappa shape index (κ2) is 4.25. The van der Waals surface area contributed by atoms with Crippen LogP contribution in [0.4, 0.5) is 0 Å². The van der Waals surface area contributed by atoms with Crippen LogP contribution in [0.1, 0.15) is 38.5 Å². The number of fused-ring (bicyclic) bond motifs is 4. The minimum Gasteiger partial charge on any atom is -0.481 e. The lowest BCUT2D eigenvalue weighted by atomic mass is 9.44. The predicted molar refractivity (Wildman–Crippen MR) is 63.9 cm³/mol. The highest BCUT2D eigenvalue weighted by Gasteiger charge is 2.59. The summed E-state index contributed by atoms with van der Waals surface area (Å²) < 4.78 is 0. The zero-order valence-electron chi connectivity index (χ0n) is 10.4. The monoisotopic (exact) mass is 252 g/mol. The molecule has 6 unspecified atom stereocenters. The van der Waals surface area contributed by atoms with E-state index in [0.29, 0.717) is 24.2 Å². The Kier molecular flexibility index (Phi) is 2.83. The Morgan fingerprint density at radius 2 is 1.39 bits per heavy atom. The molecular weight excluding hydrogens is 232 g/mol. The van der Waals surface area contributed by atoms with Crippen molar-refractivity contribution in [1.82, 2.24) is 0 Å². The number of hydrogen-bond acceptors (Lipinski definition) is 2. The van der Waals surface area contributed by atoms with Crippen LogP contribution in [0.2, 0.25) is 0 Å². The lowest BCUT2D eigenvalue weighted by Gasteiger charge is -2.60. The molecule has 6 atom stereocenters. The van der Waals surface area contributed by atoms with E-state index in [1.54, 1.807) is 0 Å². The molecule has 0 radical (unpaired) electrons. The number of carboxylic acid groups (broad SMARTS) is 2. The fourth-order valence-corrected chi connectivity index (χ4v) is 5.03. The summed E-state index contributed by atoms with van der Waals surface area (Å²) in [6.45, 7) is 0. The molecule has 0 heterocycles. The average Bonchev–Trinajstić information content (AvgIpc) is 2.33. The van der Waals surface area contributed by atoms with Crippen molar-refractivity contribution < 1.29 is 19.8 Å². The summed E-state index contributed by atoms with van der Waals surface area (Å²) in [6.07, 6.45) is 6.28. The zero-order chi connectivity index (χ0) is 12.9. The molecule has 100 valence electrons. The Bertz CT molecular complexity index is 372. The van der Waals surface area contributed by atoms with Crippen LogP contribution < -0.4 is 0 Å². The lowest BCUT2D eigenvalue weighted by molar-refractivity contribution is -0.180. The van der Waals surface area contributed by atoms with Crippen LogP contribution in [-0.2, 0) is 9.59 Å². The van der Waals surface area contributed by atoms with E-state index in [9.17, 15) is 19.8 Å². The largest absolute Gasteiger partial charge is 0.481 e. The SMILES string of the molecule is O=C(O)C1CCC2C3CCCCC3C2C1C(=O)O. The first kappa shape index (κ1) is 12.0. The molecule has 0 spiro atoms. The fraction of sp³-hybridized carbons (Fsp3) is 0.857. The van der Waals surface area contributed by atoms with Gasteiger partial charge in [-0.25, -0.2) is 0 Å². The molecule has 3 saturated carbocycles. The van der Waals surface area contributed by atoms with Gasteiger partial charge in [-0.05, 0) is 49.4 Å². The van der Waals surface area contributed by atoms with Crippen molar-refractivity contribution in [3.05, 3.63) is 0 Å². The van der Waals surface area contributed by atoms with Gasteiger partial charge in [0.25, 0.3) is 0 Å². The van der Waals surface area contributed by atoms with Crippen LogP contribution in [0.15, 0.2) is 0 Å². The van der Waals surface area contributed by atoms with Gasteiger partial charge in [-0.2, -0.15) is 0 Å². The number of carbonyl (C=O) groups is 2. The first-order valence-electron chi connectivity index (χ1n) is 7.07. The van der Waals surface area contributed by atoms with Gasteiger partial charge in [0.1, 0.15) is 0 Å². The highest BCUT2D eigenvalue weighted by atomic mass is 16.4. The summed E-state index contributed by atoms with van der Waals surface area (Å²) in [5.74, 6) is -1.28. The highest BCUT2D eigenvalue weighted by molar-refractivity contribution is 5.80. The van der Waals surface area contributed by atoms with Gasteiger partial charge in [0.2, 0.25) is 0 Å². The van der Waals surface area contributed by atoms with Crippen molar-refractivity contribution in [1.29, 1.82) is 0 Å². The molecule has 18 heavy (non-hydrogen) atoms. The van der Waals surface area contributed by atoms with Gasteiger partial charge < -0.3 is 10.2 Å². The molecular formula is C14H20O4. The molecule has 3 fully saturated rings. The van der Waals surface area contributed by atoms with E-state index in [2.05, 4.69) is 0 Å². The molecule has 4 nitrogen and oxygen atoms in total. The van der Waals surface area contributed by atoms with Crippen molar-refractivity contribution in [3.8, 4) is 0 Å². The summed E-state index contributed by atoms with van der Waals surface area (Å²) in [7, 11) is 0. The second-order valence-electron chi connectivity index (χ2n) is 6.24. The second-order valence-corrected chi connectivity index (χ2v) is 6.24. The number of carboxylic acids is 2. The number of rotatable bonds is 2. The van der Waals surface area contributed by atoms with E-state index in [4.69, 9.17) is 0 Å². The lowest BCUT2D eigenvalue weighted by Crippen LogP contribution is -2.58. The fourth-order valence-electron chi connectivity index (χ4n) is 5.03. The average molecular weight is 252 g/mol. The zero-order valence-corrected chi connectivity index (χ0v) is 10.4. The van der Waals surface area contributed by atoms with Crippen molar-refractivity contribution in [2.24, 2.45) is 35.5 Å². The van der Waals surface area contributed by atoms with Gasteiger partial charge in [0.05, 0.1) is 11.8 Å². The molecule has 0 amide bonds. The molecule has 0 bridgehead atoms. The van der Waals surface area contributed by atoms with Gasteiger partial charge in [0.15, 0.2) is 0 Å². The summed E-state index contributed by atoms with van der Waals surface area (Å²) in [5.41, 5.74) is 0. The first-order valence-corrected chi connectivity index (χ1v) is 7.07. The predicted octanol–water partition coefficient (Wildman–Crippen LogP) is 2.23. The van der Waals surface area contributed by atoms with E-state index in [1.807, 2.05) is 0 Å². The van der Waals surface area contributed by atoms with Crippen molar-refractivity contribution in [2.45, 2.75) is 38.5 Å². The summed E-state index contributed by atoms with van der Waals surface area (Å²) >= 11 is 0. The summed E-state index contributed by atoms with van der Waals surface area (Å²) in [6, 6.07) is 0. The Hall–Kier alpha value is -1.06. The third-order valence-corrected chi connectivity index (χ3v) is 5.68. The van der Waals surface area contributed by atoms with Crippen molar-refractivity contribution in [3.63, 3.8) is 0 Å². The molecule has 0 aromatic rings. The molecule has 0 aromatic heterocycles. The van der Waals surface area contributed by atoms with Gasteiger partial charge >= 0.3 is 11.9 Å². The third-order valence-electron chi connectivity index (χ3n) is 5.68. The third kappa shape index (κ3) is 1.57. The van der Waals surface area contributed by atoms with E-state index in [1.165, 1.54) is 19.3 Å². The van der Waals surface area contributed by atoms with E-state index in [-0.39, 0.29) is 5.92 Å². The van der Waals surface area contributed by atoms with Crippen LogP contribution in [0, 0.1) is 35.5 Å². The minimum atomic E-state index is -0.917. The topological polar surface area (TPSA) is 74.6 Å². The normalized spacial score (nSPS) is 46.4. The Labute approximate surface area is 106 Å². The molecule has 3 rings (SSSR count). The van der Waals surface area contributed by atoms with Gasteiger partial charge in [-0.3, -0.25) is 9.59 Å². The molecule has 2 N–H and O–H groups in total. The standard InChI is InChI=1S/C14H20O4/c15-13(16)10-6-5-9-7-3-1-2-4-8(7)11(9)12(10)14(17)18/h7-12H,1-6H2,(H,15,16)(H,17,18). The molecule has 3 aliphatic rings. The summed E-state index contributed by atoms with van der Waals surface area (Å²) in [5, 5.41) is 18.6. The number of hydrogen-bond donors (Lipinski definition) is 2. The summed E-state index contributed by atoms with van der Waals surface area (Å²) in [4.78, 5) is 22.7. The molecule has 0 aromatic carbocycles. The van der Waals surface area contributed by atoms with Crippen LogP contribution in [-0.4, -0.2) is 22.2 Å². The first-order chi connectivity index (χ1) is 8.61. The van der Waals surface area contributed by atoms with Gasteiger partial charge in [-0.1, -0.05) is 12.8 Å². The molecule has 0 saturated heterocycles.